The summed E-state index contributed by atoms with van der Waals surface area (Å²) in [6.45, 7) is 6.06. The van der Waals surface area contributed by atoms with E-state index in [0.29, 0.717) is 17.8 Å². The Kier molecular flexibility index (Phi) is 2.54. The van der Waals surface area contributed by atoms with E-state index in [1.807, 2.05) is 20.8 Å². The van der Waals surface area contributed by atoms with E-state index in [0.717, 1.165) is 12.8 Å². The SMILES string of the molecule is CC(C)(C)c1nn(Cc2nnnn2C2CC2)c(=O)o1. The van der Waals surface area contributed by atoms with Crippen LogP contribution in [-0.4, -0.2) is 30.0 Å². The minimum absolute atomic E-state index is 0.238. The molecule has 2 heterocycles. The molecule has 0 aromatic carbocycles. The molecule has 0 atom stereocenters. The van der Waals surface area contributed by atoms with Gasteiger partial charge in [0.25, 0.3) is 0 Å². The van der Waals surface area contributed by atoms with E-state index < -0.39 is 5.76 Å². The number of hydrogen-bond donors (Lipinski definition) is 0. The van der Waals surface area contributed by atoms with Crippen molar-refractivity contribution in [2.24, 2.45) is 0 Å². The van der Waals surface area contributed by atoms with Gasteiger partial charge in [-0.3, -0.25) is 0 Å². The molecule has 0 N–H and O–H groups in total. The zero-order valence-electron chi connectivity index (χ0n) is 11.2. The van der Waals surface area contributed by atoms with Crippen LogP contribution < -0.4 is 5.76 Å². The molecule has 3 rings (SSSR count). The lowest BCUT2D eigenvalue weighted by Crippen LogP contribution is -2.20. The van der Waals surface area contributed by atoms with Gasteiger partial charge in [-0.15, -0.1) is 10.2 Å². The second-order valence-electron chi connectivity index (χ2n) is 5.85. The number of aromatic nitrogens is 6. The van der Waals surface area contributed by atoms with Crippen LogP contribution in [0.3, 0.4) is 0 Å². The van der Waals surface area contributed by atoms with Gasteiger partial charge in [0.15, 0.2) is 5.82 Å². The summed E-state index contributed by atoms with van der Waals surface area (Å²) in [5, 5.41) is 15.7. The smallest absolute Gasteiger partial charge is 0.392 e. The summed E-state index contributed by atoms with van der Waals surface area (Å²) in [5.74, 6) is 0.580. The zero-order chi connectivity index (χ0) is 13.6. The number of tetrazole rings is 1. The molecule has 2 aromatic rings. The molecule has 8 nitrogen and oxygen atoms in total. The Labute approximate surface area is 109 Å². The van der Waals surface area contributed by atoms with E-state index in [2.05, 4.69) is 20.6 Å². The summed E-state index contributed by atoms with van der Waals surface area (Å²) >= 11 is 0. The Morgan fingerprint density at radius 3 is 2.68 bits per heavy atom. The molecular formula is C11H16N6O2. The Balaban J connectivity index is 1.89. The van der Waals surface area contributed by atoms with Crippen molar-refractivity contribution in [2.75, 3.05) is 0 Å². The summed E-state index contributed by atoms with van der Waals surface area (Å²) < 4.78 is 8.19. The van der Waals surface area contributed by atoms with Crippen molar-refractivity contribution in [2.45, 2.75) is 51.6 Å². The van der Waals surface area contributed by atoms with Crippen LogP contribution in [0.2, 0.25) is 0 Å². The molecule has 1 fully saturated rings. The quantitative estimate of drug-likeness (QED) is 0.801. The van der Waals surface area contributed by atoms with Crippen LogP contribution in [0.5, 0.6) is 0 Å². The fourth-order valence-corrected chi connectivity index (χ4v) is 1.76. The van der Waals surface area contributed by atoms with E-state index in [1.54, 1.807) is 4.68 Å². The maximum Gasteiger partial charge on any atom is 0.437 e. The van der Waals surface area contributed by atoms with Gasteiger partial charge in [0.1, 0.15) is 6.54 Å². The Bertz CT molecular complexity index is 643. The van der Waals surface area contributed by atoms with Crippen molar-refractivity contribution in [1.29, 1.82) is 0 Å². The normalized spacial score (nSPS) is 15.9. The van der Waals surface area contributed by atoms with Crippen molar-refractivity contribution < 1.29 is 4.42 Å². The van der Waals surface area contributed by atoms with Gasteiger partial charge in [0.05, 0.1) is 6.04 Å². The number of hydrogen-bond acceptors (Lipinski definition) is 6. The average molecular weight is 264 g/mol. The summed E-state index contributed by atoms with van der Waals surface area (Å²) in [5.41, 5.74) is -0.299. The molecule has 1 aliphatic carbocycles. The van der Waals surface area contributed by atoms with E-state index in [4.69, 9.17) is 4.42 Å². The van der Waals surface area contributed by atoms with Gasteiger partial charge in [-0.1, -0.05) is 20.8 Å². The van der Waals surface area contributed by atoms with E-state index in [1.165, 1.54) is 4.68 Å². The van der Waals surface area contributed by atoms with Crippen molar-refractivity contribution in [3.05, 3.63) is 22.3 Å². The van der Waals surface area contributed by atoms with Crippen molar-refractivity contribution in [3.8, 4) is 0 Å². The highest BCUT2D eigenvalue weighted by Crippen LogP contribution is 2.34. The molecule has 0 amide bonds. The molecule has 2 aromatic heterocycles. The minimum Gasteiger partial charge on any atom is -0.392 e. The van der Waals surface area contributed by atoms with Crippen LogP contribution in [0.15, 0.2) is 9.21 Å². The van der Waals surface area contributed by atoms with Gasteiger partial charge in [0, 0.05) is 5.41 Å². The maximum absolute atomic E-state index is 11.8. The average Bonchev–Trinajstić information content (AvgIpc) is 2.95. The van der Waals surface area contributed by atoms with Crippen molar-refractivity contribution in [3.63, 3.8) is 0 Å². The van der Waals surface area contributed by atoms with Crippen LogP contribution in [0.4, 0.5) is 0 Å². The lowest BCUT2D eigenvalue weighted by atomic mass is 9.97. The fourth-order valence-electron chi connectivity index (χ4n) is 1.76. The molecule has 0 radical (unpaired) electrons. The molecule has 0 bridgehead atoms. The van der Waals surface area contributed by atoms with Gasteiger partial charge in [-0.2, -0.15) is 4.68 Å². The largest absolute Gasteiger partial charge is 0.437 e. The van der Waals surface area contributed by atoms with Crippen LogP contribution in [0.25, 0.3) is 0 Å². The first kappa shape index (κ1) is 12.1. The van der Waals surface area contributed by atoms with Gasteiger partial charge in [0.2, 0.25) is 5.89 Å². The molecular weight excluding hydrogens is 248 g/mol. The van der Waals surface area contributed by atoms with E-state index >= 15 is 0 Å². The lowest BCUT2D eigenvalue weighted by molar-refractivity contribution is 0.374. The van der Waals surface area contributed by atoms with Crippen LogP contribution in [0.1, 0.15) is 51.4 Å². The number of nitrogens with zero attached hydrogens (tertiary/aromatic N) is 6. The molecule has 102 valence electrons. The molecule has 0 aliphatic heterocycles. The minimum atomic E-state index is -0.477. The van der Waals surface area contributed by atoms with Gasteiger partial charge in [-0.25, -0.2) is 9.48 Å². The first-order valence-electron chi connectivity index (χ1n) is 6.30. The third-order valence-electron chi connectivity index (χ3n) is 2.99. The van der Waals surface area contributed by atoms with Crippen LogP contribution >= 0.6 is 0 Å². The third-order valence-corrected chi connectivity index (χ3v) is 2.99. The highest BCUT2D eigenvalue weighted by Gasteiger charge is 2.29. The first-order chi connectivity index (χ1) is 8.95. The molecule has 1 saturated carbocycles. The molecule has 0 spiro atoms. The molecule has 8 heteroatoms. The van der Waals surface area contributed by atoms with Crippen molar-refractivity contribution in [1.82, 2.24) is 30.0 Å². The highest BCUT2D eigenvalue weighted by molar-refractivity contribution is 4.96. The Morgan fingerprint density at radius 2 is 2.11 bits per heavy atom. The van der Waals surface area contributed by atoms with E-state index in [9.17, 15) is 4.79 Å². The summed E-state index contributed by atoms with van der Waals surface area (Å²) in [7, 11) is 0. The predicted molar refractivity (Wildman–Crippen MR) is 64.7 cm³/mol. The van der Waals surface area contributed by atoms with Crippen LogP contribution in [0, 0.1) is 0 Å². The first-order valence-corrected chi connectivity index (χ1v) is 6.30. The Hall–Kier alpha value is -1.99. The molecule has 19 heavy (non-hydrogen) atoms. The zero-order valence-corrected chi connectivity index (χ0v) is 11.2. The summed E-state index contributed by atoms with van der Waals surface area (Å²) in [6, 6.07) is 0.370. The topological polar surface area (TPSA) is 91.6 Å². The molecule has 1 aliphatic rings. The van der Waals surface area contributed by atoms with E-state index in [-0.39, 0.29) is 12.0 Å². The fraction of sp³-hybridized carbons (Fsp3) is 0.727. The lowest BCUT2D eigenvalue weighted by Gasteiger charge is -2.10. The standard InChI is InChI=1S/C11H16N6O2/c1-11(2,3)9-13-16(10(18)19-9)6-8-12-14-15-17(8)7-4-5-7/h7H,4-6H2,1-3H3. The van der Waals surface area contributed by atoms with Crippen molar-refractivity contribution >= 4 is 0 Å². The second-order valence-corrected chi connectivity index (χ2v) is 5.85. The van der Waals surface area contributed by atoms with Gasteiger partial charge in [-0.05, 0) is 23.3 Å². The number of rotatable bonds is 3. The van der Waals surface area contributed by atoms with Gasteiger partial charge >= 0.3 is 5.76 Å². The highest BCUT2D eigenvalue weighted by atomic mass is 16.4. The predicted octanol–water partition coefficient (Wildman–Crippen LogP) is 0.503. The van der Waals surface area contributed by atoms with Gasteiger partial charge < -0.3 is 4.42 Å². The van der Waals surface area contributed by atoms with Crippen LogP contribution in [-0.2, 0) is 12.0 Å². The molecule has 0 unspecified atom stereocenters. The monoisotopic (exact) mass is 264 g/mol. The second kappa shape index (κ2) is 4.01. The maximum atomic E-state index is 11.8. The summed E-state index contributed by atoms with van der Waals surface area (Å²) in [4.78, 5) is 11.8. The Morgan fingerprint density at radius 1 is 1.37 bits per heavy atom. The third kappa shape index (κ3) is 2.29. The summed E-state index contributed by atoms with van der Waals surface area (Å²) in [6.07, 6.45) is 2.16. The molecule has 0 saturated heterocycles.